The first-order valence-electron chi connectivity index (χ1n) is 10.5. The second kappa shape index (κ2) is 7.20. The minimum atomic E-state index is -0.239. The van der Waals surface area contributed by atoms with Gasteiger partial charge in [0, 0.05) is 47.6 Å². The molecule has 5 rings (SSSR count). The number of fused-ring (bicyclic) bond motifs is 2. The number of aromatic amines is 1. The molecule has 30 heavy (non-hydrogen) atoms. The van der Waals surface area contributed by atoms with Crippen LogP contribution in [0.5, 0.6) is 0 Å². The maximum atomic E-state index is 13.2. The third-order valence-electron chi connectivity index (χ3n) is 6.36. The molecule has 152 valence electrons. The third-order valence-corrected chi connectivity index (χ3v) is 6.36. The number of piperidine rings is 1. The zero-order valence-corrected chi connectivity index (χ0v) is 17.0. The Hall–Kier alpha value is -3.28. The summed E-state index contributed by atoms with van der Waals surface area (Å²) in [5.74, 6) is 0.665. The molecule has 3 heterocycles. The zero-order chi connectivity index (χ0) is 20.7. The van der Waals surface area contributed by atoms with Gasteiger partial charge in [-0.2, -0.15) is 0 Å². The van der Waals surface area contributed by atoms with Crippen LogP contribution in [0.15, 0.2) is 53.5 Å². The van der Waals surface area contributed by atoms with Crippen molar-refractivity contribution in [2.24, 2.45) is 0 Å². The van der Waals surface area contributed by atoms with Gasteiger partial charge in [0.2, 0.25) is 5.56 Å². The molecule has 1 unspecified atom stereocenters. The molecule has 1 amide bonds. The van der Waals surface area contributed by atoms with Gasteiger partial charge in [-0.25, -0.2) is 9.97 Å². The van der Waals surface area contributed by atoms with Crippen molar-refractivity contribution in [1.29, 1.82) is 0 Å². The van der Waals surface area contributed by atoms with Crippen LogP contribution in [0.1, 0.15) is 46.6 Å². The summed E-state index contributed by atoms with van der Waals surface area (Å²) in [7, 11) is 0. The zero-order valence-electron chi connectivity index (χ0n) is 17.0. The summed E-state index contributed by atoms with van der Waals surface area (Å²) >= 11 is 0. The van der Waals surface area contributed by atoms with Crippen molar-refractivity contribution in [1.82, 2.24) is 19.9 Å². The number of likely N-dealkylation sites (tertiary alicyclic amines) is 1. The van der Waals surface area contributed by atoms with Crippen LogP contribution in [0.25, 0.3) is 11.4 Å². The number of aryl methyl sites for hydroxylation is 2. The lowest BCUT2D eigenvalue weighted by molar-refractivity contribution is 0.0633. The first-order chi connectivity index (χ1) is 14.5. The van der Waals surface area contributed by atoms with Crippen LogP contribution in [-0.4, -0.2) is 38.8 Å². The monoisotopic (exact) mass is 400 g/mol. The molecule has 1 N–H and O–H groups in total. The fraction of sp³-hybridized carbons (Fsp3) is 0.333. The quantitative estimate of drug-likeness (QED) is 0.716. The largest absolute Gasteiger partial charge is 0.338 e. The number of H-pyrrole nitrogens is 1. The number of nitrogens with zero attached hydrogens (tertiary/aromatic N) is 3. The van der Waals surface area contributed by atoms with Crippen LogP contribution in [0.2, 0.25) is 0 Å². The summed E-state index contributed by atoms with van der Waals surface area (Å²) < 4.78 is 0. The number of aromatic nitrogens is 3. The van der Waals surface area contributed by atoms with E-state index in [1.165, 1.54) is 11.6 Å². The Morgan fingerprint density at radius 1 is 1.17 bits per heavy atom. The lowest BCUT2D eigenvalue weighted by Gasteiger charge is -2.40. The van der Waals surface area contributed by atoms with E-state index in [2.05, 4.69) is 9.97 Å². The molecule has 1 fully saturated rings. The number of benzene rings is 1. The molecule has 0 bridgehead atoms. The smallest absolute Gasteiger partial charge is 0.254 e. The van der Waals surface area contributed by atoms with Gasteiger partial charge in [-0.15, -0.1) is 0 Å². The van der Waals surface area contributed by atoms with E-state index in [-0.39, 0.29) is 16.9 Å². The Morgan fingerprint density at radius 2 is 2.00 bits per heavy atom. The van der Waals surface area contributed by atoms with E-state index in [9.17, 15) is 9.59 Å². The second-order valence-corrected chi connectivity index (χ2v) is 8.46. The minimum Gasteiger partial charge on any atom is -0.338 e. The highest BCUT2D eigenvalue weighted by molar-refractivity contribution is 5.94. The maximum absolute atomic E-state index is 13.2. The van der Waals surface area contributed by atoms with E-state index < -0.39 is 0 Å². The number of pyridine rings is 1. The lowest BCUT2D eigenvalue weighted by atomic mass is 9.77. The molecular formula is C24H24N4O2. The predicted molar refractivity (Wildman–Crippen MR) is 114 cm³/mol. The molecule has 1 saturated heterocycles. The Kier molecular flexibility index (Phi) is 4.50. The normalized spacial score (nSPS) is 20.4. The molecule has 2 aromatic heterocycles. The maximum Gasteiger partial charge on any atom is 0.254 e. The molecule has 2 aliphatic rings. The minimum absolute atomic E-state index is 0.0749. The van der Waals surface area contributed by atoms with Crippen LogP contribution in [0, 0.1) is 6.92 Å². The molecule has 6 heteroatoms. The van der Waals surface area contributed by atoms with Crippen LogP contribution in [-0.2, 0) is 11.8 Å². The third kappa shape index (κ3) is 3.22. The first kappa shape index (κ1) is 18.7. The van der Waals surface area contributed by atoms with Crippen molar-refractivity contribution >= 4 is 5.91 Å². The SMILES string of the molecule is Cc1cc(C(=O)N2CCCC3(CCc4cnc(-c5ccccc5)nc43)C2)cc(=O)[nH]1. The number of nitrogens with one attached hydrogen (secondary N) is 1. The van der Waals surface area contributed by atoms with Crippen molar-refractivity contribution in [2.45, 2.75) is 38.0 Å². The van der Waals surface area contributed by atoms with E-state index in [1.54, 1.807) is 13.0 Å². The molecule has 0 radical (unpaired) electrons. The Bertz CT molecular complexity index is 1170. The Balaban J connectivity index is 1.48. The average Bonchev–Trinajstić information content (AvgIpc) is 3.10. The van der Waals surface area contributed by atoms with Crippen molar-refractivity contribution in [3.8, 4) is 11.4 Å². The van der Waals surface area contributed by atoms with E-state index in [0.717, 1.165) is 42.8 Å². The molecule has 6 nitrogen and oxygen atoms in total. The van der Waals surface area contributed by atoms with Gasteiger partial charge in [-0.05, 0) is 44.2 Å². The van der Waals surface area contributed by atoms with Gasteiger partial charge >= 0.3 is 0 Å². The van der Waals surface area contributed by atoms with Crippen LogP contribution in [0.4, 0.5) is 0 Å². The summed E-state index contributed by atoms with van der Waals surface area (Å²) in [6, 6.07) is 13.2. The number of carbonyl (C=O) groups excluding carboxylic acids is 1. The second-order valence-electron chi connectivity index (χ2n) is 8.46. The van der Waals surface area contributed by atoms with Gasteiger partial charge in [0.05, 0.1) is 5.69 Å². The molecule has 1 aromatic carbocycles. The molecule has 1 aliphatic carbocycles. The summed E-state index contributed by atoms with van der Waals surface area (Å²) in [6.45, 7) is 3.14. The highest BCUT2D eigenvalue weighted by Gasteiger charge is 2.44. The van der Waals surface area contributed by atoms with Gasteiger partial charge in [-0.3, -0.25) is 9.59 Å². The summed E-state index contributed by atoms with van der Waals surface area (Å²) in [6.07, 6.45) is 5.83. The van der Waals surface area contributed by atoms with Crippen LogP contribution < -0.4 is 5.56 Å². The van der Waals surface area contributed by atoms with Crippen molar-refractivity contribution in [2.75, 3.05) is 13.1 Å². The van der Waals surface area contributed by atoms with Gasteiger partial charge in [0.15, 0.2) is 5.82 Å². The van der Waals surface area contributed by atoms with Crippen LogP contribution >= 0.6 is 0 Å². The van der Waals surface area contributed by atoms with Crippen molar-refractivity contribution in [3.05, 3.63) is 81.5 Å². The Labute approximate surface area is 175 Å². The number of rotatable bonds is 2. The van der Waals surface area contributed by atoms with Gasteiger partial charge in [0.1, 0.15) is 0 Å². The van der Waals surface area contributed by atoms with Gasteiger partial charge < -0.3 is 9.88 Å². The number of carbonyl (C=O) groups is 1. The lowest BCUT2D eigenvalue weighted by Crippen LogP contribution is -2.48. The van der Waals surface area contributed by atoms with Gasteiger partial charge in [0.25, 0.3) is 5.91 Å². The van der Waals surface area contributed by atoms with E-state index in [4.69, 9.17) is 4.98 Å². The number of hydrogen-bond donors (Lipinski definition) is 1. The number of hydrogen-bond acceptors (Lipinski definition) is 4. The molecule has 0 saturated carbocycles. The molecule has 1 atom stereocenters. The fourth-order valence-electron chi connectivity index (χ4n) is 4.96. The van der Waals surface area contributed by atoms with Crippen LogP contribution in [0.3, 0.4) is 0 Å². The summed E-state index contributed by atoms with van der Waals surface area (Å²) in [5, 5.41) is 0. The van der Waals surface area contributed by atoms with E-state index in [1.807, 2.05) is 41.4 Å². The highest BCUT2D eigenvalue weighted by Crippen LogP contribution is 2.44. The molecular weight excluding hydrogens is 376 g/mol. The topological polar surface area (TPSA) is 79.0 Å². The van der Waals surface area contributed by atoms with Crippen molar-refractivity contribution in [3.63, 3.8) is 0 Å². The number of amides is 1. The van der Waals surface area contributed by atoms with Crippen molar-refractivity contribution < 1.29 is 4.79 Å². The summed E-state index contributed by atoms with van der Waals surface area (Å²) in [4.78, 5) is 39.2. The predicted octanol–water partition coefficient (Wildman–Crippen LogP) is 3.26. The standard InChI is InChI=1S/C24H24N4O2/c1-16-12-19(13-20(29)26-16)23(30)28-11-5-9-24(15-28)10-8-18-14-25-22(27-21(18)24)17-6-3-2-4-7-17/h2-4,6-7,12-14H,5,8-11,15H2,1H3,(H,26,29). The molecule has 1 aliphatic heterocycles. The van der Waals surface area contributed by atoms with E-state index in [0.29, 0.717) is 24.3 Å². The molecule has 3 aromatic rings. The summed E-state index contributed by atoms with van der Waals surface area (Å²) in [5.41, 5.74) is 4.07. The van der Waals surface area contributed by atoms with Gasteiger partial charge in [-0.1, -0.05) is 30.3 Å². The average molecular weight is 400 g/mol. The highest BCUT2D eigenvalue weighted by atomic mass is 16.2. The fourth-order valence-corrected chi connectivity index (χ4v) is 4.96. The molecule has 1 spiro atoms. The Morgan fingerprint density at radius 3 is 2.80 bits per heavy atom. The first-order valence-corrected chi connectivity index (χ1v) is 10.5. The van der Waals surface area contributed by atoms with E-state index >= 15 is 0 Å².